The van der Waals surface area contributed by atoms with E-state index >= 15 is 0 Å². The Hall–Kier alpha value is -2.69. The van der Waals surface area contributed by atoms with Crippen molar-refractivity contribution in [2.75, 3.05) is 31.1 Å². The highest BCUT2D eigenvalue weighted by Crippen LogP contribution is 2.32. The molecule has 1 fully saturated rings. The Morgan fingerprint density at radius 3 is 2.23 bits per heavy atom. The Kier molecular flexibility index (Phi) is 4.57. The Bertz CT molecular complexity index is 753. The maximum atomic E-state index is 12.8. The van der Waals surface area contributed by atoms with Crippen molar-refractivity contribution in [3.63, 3.8) is 0 Å². The molecule has 0 saturated carbocycles. The molecule has 3 rings (SSSR count). The summed E-state index contributed by atoms with van der Waals surface area (Å²) in [4.78, 5) is 14.8. The van der Waals surface area contributed by atoms with Crippen LogP contribution in [0.25, 0.3) is 5.82 Å². The Morgan fingerprint density at radius 2 is 1.73 bits per heavy atom. The number of amides is 1. The Morgan fingerprint density at radius 1 is 1.12 bits per heavy atom. The van der Waals surface area contributed by atoms with Crippen molar-refractivity contribution >= 4 is 11.7 Å². The molecule has 3 heterocycles. The van der Waals surface area contributed by atoms with Gasteiger partial charge in [0, 0.05) is 38.6 Å². The number of hydrogen-bond acceptors (Lipinski definition) is 6. The summed E-state index contributed by atoms with van der Waals surface area (Å²) in [5, 5.41) is 21.7. The molecular weight excluding hydrogens is 353 g/mol. The van der Waals surface area contributed by atoms with E-state index in [9.17, 15) is 23.1 Å². The molecule has 2 aromatic heterocycles. The van der Waals surface area contributed by atoms with Crippen LogP contribution in [0.15, 0.2) is 30.6 Å². The molecule has 0 spiro atoms. The first-order chi connectivity index (χ1) is 12.2. The number of rotatable bonds is 3. The number of piperazine rings is 1. The predicted octanol–water partition coefficient (Wildman–Crippen LogP) is 0.624. The minimum absolute atomic E-state index is 0.0493. The summed E-state index contributed by atoms with van der Waals surface area (Å²) in [7, 11) is 0. The fourth-order valence-corrected chi connectivity index (χ4v) is 2.58. The van der Waals surface area contributed by atoms with E-state index in [0.29, 0.717) is 18.6 Å². The summed E-state index contributed by atoms with van der Waals surface area (Å²) in [5.74, 6) is -0.255. The molecule has 1 saturated heterocycles. The van der Waals surface area contributed by atoms with Crippen LogP contribution in [-0.2, 0) is 4.79 Å². The smallest absolute Gasteiger partial charge is 0.373 e. The minimum atomic E-state index is -5.02. The summed E-state index contributed by atoms with van der Waals surface area (Å²) >= 11 is 0. The molecule has 1 atom stereocenters. The van der Waals surface area contributed by atoms with Gasteiger partial charge in [-0.2, -0.15) is 18.3 Å². The lowest BCUT2D eigenvalue weighted by molar-refractivity contribution is -0.250. The highest BCUT2D eigenvalue weighted by molar-refractivity contribution is 5.85. The van der Waals surface area contributed by atoms with Crippen molar-refractivity contribution in [2.45, 2.75) is 18.7 Å². The quantitative estimate of drug-likeness (QED) is 0.853. The first-order valence-electron chi connectivity index (χ1n) is 7.87. The normalized spacial score (nSPS) is 17.9. The van der Waals surface area contributed by atoms with Crippen LogP contribution in [0, 0.1) is 0 Å². The maximum Gasteiger partial charge on any atom is 0.426 e. The summed E-state index contributed by atoms with van der Waals surface area (Å²) in [6.45, 7) is 1.15. The molecule has 140 valence electrons. The number of carbonyl (C=O) groups is 1. The lowest BCUT2D eigenvalue weighted by atomic mass is 10.0. The Labute approximate surface area is 146 Å². The van der Waals surface area contributed by atoms with E-state index in [2.05, 4.69) is 15.3 Å². The highest BCUT2D eigenvalue weighted by Gasteiger charge is 2.57. The second-order valence-electron chi connectivity index (χ2n) is 6.05. The fourth-order valence-electron chi connectivity index (χ4n) is 2.58. The second kappa shape index (κ2) is 6.56. The molecule has 1 N–H and O–H groups in total. The van der Waals surface area contributed by atoms with Gasteiger partial charge in [-0.05, 0) is 25.1 Å². The third kappa shape index (κ3) is 3.34. The van der Waals surface area contributed by atoms with E-state index < -0.39 is 17.7 Å². The number of aromatic nitrogens is 4. The largest absolute Gasteiger partial charge is 0.426 e. The highest BCUT2D eigenvalue weighted by atomic mass is 19.4. The van der Waals surface area contributed by atoms with Gasteiger partial charge in [-0.3, -0.25) is 4.79 Å². The van der Waals surface area contributed by atoms with Crippen molar-refractivity contribution in [3.05, 3.63) is 30.6 Å². The van der Waals surface area contributed by atoms with E-state index in [4.69, 9.17) is 0 Å². The fraction of sp³-hybridized carbons (Fsp3) is 0.467. The molecule has 1 aliphatic heterocycles. The molecule has 1 unspecified atom stereocenters. The monoisotopic (exact) mass is 370 g/mol. The van der Waals surface area contributed by atoms with Crippen LogP contribution in [0.3, 0.4) is 0 Å². The number of alkyl halides is 3. The second-order valence-corrected chi connectivity index (χ2v) is 6.05. The molecule has 1 aliphatic rings. The number of hydrogen-bond donors (Lipinski definition) is 1. The molecule has 0 aliphatic carbocycles. The van der Waals surface area contributed by atoms with E-state index in [1.807, 2.05) is 4.90 Å². The van der Waals surface area contributed by atoms with Crippen molar-refractivity contribution in [1.82, 2.24) is 24.9 Å². The van der Waals surface area contributed by atoms with Crippen LogP contribution < -0.4 is 4.90 Å². The van der Waals surface area contributed by atoms with E-state index in [1.54, 1.807) is 35.3 Å². The van der Waals surface area contributed by atoms with Gasteiger partial charge in [-0.25, -0.2) is 4.68 Å². The molecule has 0 bridgehead atoms. The first kappa shape index (κ1) is 18.1. The zero-order valence-corrected chi connectivity index (χ0v) is 13.9. The van der Waals surface area contributed by atoms with E-state index in [0.717, 1.165) is 4.90 Å². The van der Waals surface area contributed by atoms with Crippen LogP contribution in [0.4, 0.5) is 19.0 Å². The van der Waals surface area contributed by atoms with Crippen LogP contribution in [0.1, 0.15) is 6.92 Å². The first-order valence-corrected chi connectivity index (χ1v) is 7.87. The van der Waals surface area contributed by atoms with E-state index in [1.165, 1.54) is 0 Å². The minimum Gasteiger partial charge on any atom is -0.373 e. The summed E-state index contributed by atoms with van der Waals surface area (Å²) in [6, 6.07) is 5.20. The average molecular weight is 370 g/mol. The van der Waals surface area contributed by atoms with Gasteiger partial charge in [0.2, 0.25) is 5.60 Å². The molecule has 11 heteroatoms. The summed E-state index contributed by atoms with van der Waals surface area (Å²) in [6.07, 6.45) is -1.68. The number of carbonyl (C=O) groups excluding carboxylic acids is 1. The van der Waals surface area contributed by atoms with Gasteiger partial charge in [-0.1, -0.05) is 0 Å². The van der Waals surface area contributed by atoms with Gasteiger partial charge in [0.25, 0.3) is 5.91 Å². The topological polar surface area (TPSA) is 87.4 Å². The molecule has 26 heavy (non-hydrogen) atoms. The average Bonchev–Trinajstić information content (AvgIpc) is 3.15. The van der Waals surface area contributed by atoms with Crippen LogP contribution in [-0.4, -0.2) is 73.8 Å². The van der Waals surface area contributed by atoms with Crippen LogP contribution >= 0.6 is 0 Å². The van der Waals surface area contributed by atoms with Gasteiger partial charge >= 0.3 is 6.18 Å². The SMILES string of the molecule is CC(O)(C(=O)N1CCN(c2ccc(-n3cccn3)nn2)CC1)C(F)(F)F. The number of anilines is 1. The maximum absolute atomic E-state index is 12.8. The van der Waals surface area contributed by atoms with Crippen LogP contribution in [0.5, 0.6) is 0 Å². The summed E-state index contributed by atoms with van der Waals surface area (Å²) < 4.78 is 40.0. The van der Waals surface area contributed by atoms with Gasteiger partial charge in [0.1, 0.15) is 0 Å². The van der Waals surface area contributed by atoms with Gasteiger partial charge in [-0.15, -0.1) is 10.2 Å². The van der Waals surface area contributed by atoms with Crippen molar-refractivity contribution < 1.29 is 23.1 Å². The molecule has 0 aromatic carbocycles. The third-order valence-electron chi connectivity index (χ3n) is 4.23. The van der Waals surface area contributed by atoms with Crippen molar-refractivity contribution in [2.24, 2.45) is 0 Å². The molecule has 1 amide bonds. The number of nitrogens with zero attached hydrogens (tertiary/aromatic N) is 6. The van der Waals surface area contributed by atoms with Crippen LogP contribution in [0.2, 0.25) is 0 Å². The Balaban J connectivity index is 1.63. The predicted molar refractivity (Wildman–Crippen MR) is 84.6 cm³/mol. The lowest BCUT2D eigenvalue weighted by Gasteiger charge is -2.38. The zero-order chi connectivity index (χ0) is 18.9. The number of halogens is 3. The lowest BCUT2D eigenvalue weighted by Crippen LogP contribution is -2.60. The van der Waals surface area contributed by atoms with Gasteiger partial charge < -0.3 is 14.9 Å². The van der Waals surface area contributed by atoms with Gasteiger partial charge in [0.15, 0.2) is 11.6 Å². The summed E-state index contributed by atoms with van der Waals surface area (Å²) in [5.41, 5.74) is -3.39. The molecule has 0 radical (unpaired) electrons. The van der Waals surface area contributed by atoms with Crippen molar-refractivity contribution in [3.8, 4) is 5.82 Å². The molecular formula is C15H17F3N6O2. The molecule has 2 aromatic rings. The molecule has 8 nitrogen and oxygen atoms in total. The van der Waals surface area contributed by atoms with Gasteiger partial charge in [0.05, 0.1) is 0 Å². The standard InChI is InChI=1S/C15H17F3N6O2/c1-14(26,15(16,17)18)13(25)23-9-7-22(8-10-23)11-3-4-12(21-20-11)24-6-2-5-19-24/h2-6,26H,7-10H2,1H3. The zero-order valence-electron chi connectivity index (χ0n) is 13.9. The number of aliphatic hydroxyl groups is 1. The van der Waals surface area contributed by atoms with E-state index in [-0.39, 0.29) is 26.2 Å². The van der Waals surface area contributed by atoms with Crippen molar-refractivity contribution in [1.29, 1.82) is 0 Å². The third-order valence-corrected chi connectivity index (χ3v) is 4.23.